The molecule has 0 N–H and O–H groups in total. The van der Waals surface area contributed by atoms with Gasteiger partial charge >= 0.3 is 5.82 Å². The molecule has 0 aliphatic carbocycles. The fourth-order valence-corrected chi connectivity index (χ4v) is 0.891. The van der Waals surface area contributed by atoms with Crippen LogP contribution in [0.3, 0.4) is 0 Å². The van der Waals surface area contributed by atoms with Crippen LogP contribution in [0.1, 0.15) is 0 Å². The molecule has 2 heterocycles. The first kappa shape index (κ1) is 6.09. The third kappa shape index (κ3) is 1.12. The molecule has 0 unspecified atom stereocenters. The molecule has 0 amide bonds. The molecule has 3 nitrogen and oxygen atoms in total. The van der Waals surface area contributed by atoms with E-state index in [1.165, 1.54) is 0 Å². The first-order chi connectivity index (χ1) is 5.47. The summed E-state index contributed by atoms with van der Waals surface area (Å²) in [6.07, 6.45) is 5.38. The molecule has 0 aromatic carbocycles. The third-order valence-corrected chi connectivity index (χ3v) is 1.40. The summed E-state index contributed by atoms with van der Waals surface area (Å²) in [5, 5.41) is 3.77. The minimum atomic E-state index is 0.797. The summed E-state index contributed by atoms with van der Waals surface area (Å²) in [6, 6.07) is 7.64. The molecule has 11 heavy (non-hydrogen) atoms. The molecule has 2 aromatic heterocycles. The maximum atomic E-state index is 4.70. The molecule has 0 radical (unpaired) electrons. The number of pyridine rings is 1. The monoisotopic (exact) mass is 147 g/mol. The van der Waals surface area contributed by atoms with Gasteiger partial charge in [0.15, 0.2) is 11.4 Å². The Morgan fingerprint density at radius 2 is 2.00 bits per heavy atom. The standard InChI is InChI=1S/C8H7N2O/c1-2-5-10(6-3-1)8-4-7-11-9-8/h1-7H/q+1. The van der Waals surface area contributed by atoms with Gasteiger partial charge in [-0.25, -0.2) is 0 Å². The van der Waals surface area contributed by atoms with Gasteiger partial charge in [0.1, 0.15) is 0 Å². The van der Waals surface area contributed by atoms with Crippen LogP contribution in [-0.4, -0.2) is 5.16 Å². The van der Waals surface area contributed by atoms with E-state index in [2.05, 4.69) is 5.16 Å². The summed E-state index contributed by atoms with van der Waals surface area (Å²) in [4.78, 5) is 0. The summed E-state index contributed by atoms with van der Waals surface area (Å²) in [5.41, 5.74) is 0. The zero-order valence-electron chi connectivity index (χ0n) is 5.84. The van der Waals surface area contributed by atoms with E-state index in [0.29, 0.717) is 0 Å². The van der Waals surface area contributed by atoms with Gasteiger partial charge in [0.25, 0.3) is 0 Å². The van der Waals surface area contributed by atoms with Gasteiger partial charge in [-0.3, -0.25) is 4.52 Å². The van der Waals surface area contributed by atoms with Gasteiger partial charge < -0.3 is 0 Å². The average molecular weight is 147 g/mol. The van der Waals surface area contributed by atoms with E-state index in [0.717, 1.165) is 5.82 Å². The van der Waals surface area contributed by atoms with E-state index in [-0.39, 0.29) is 0 Å². The molecule has 3 heteroatoms. The van der Waals surface area contributed by atoms with Crippen LogP contribution in [0.4, 0.5) is 0 Å². The van der Waals surface area contributed by atoms with Crippen molar-refractivity contribution in [2.75, 3.05) is 0 Å². The minimum Gasteiger partial charge on any atom is -0.265 e. The van der Waals surface area contributed by atoms with Gasteiger partial charge in [-0.05, 0) is 12.1 Å². The molecule has 0 fully saturated rings. The maximum absolute atomic E-state index is 4.70. The Morgan fingerprint density at radius 3 is 2.64 bits per heavy atom. The van der Waals surface area contributed by atoms with Gasteiger partial charge in [-0.1, -0.05) is 6.07 Å². The predicted octanol–water partition coefficient (Wildman–Crippen LogP) is 0.951. The van der Waals surface area contributed by atoms with Crippen molar-refractivity contribution in [1.29, 1.82) is 0 Å². The van der Waals surface area contributed by atoms with E-state index >= 15 is 0 Å². The minimum absolute atomic E-state index is 0.797. The molecular weight excluding hydrogens is 140 g/mol. The van der Waals surface area contributed by atoms with E-state index in [4.69, 9.17) is 4.52 Å². The molecule has 0 bridgehead atoms. The summed E-state index contributed by atoms with van der Waals surface area (Å²) >= 11 is 0. The zero-order valence-corrected chi connectivity index (χ0v) is 5.84. The normalized spacial score (nSPS) is 9.82. The highest BCUT2D eigenvalue weighted by atomic mass is 16.5. The maximum Gasteiger partial charge on any atom is 0.378 e. The van der Waals surface area contributed by atoms with Crippen LogP contribution in [0.5, 0.6) is 0 Å². The molecule has 0 aliphatic heterocycles. The molecule has 54 valence electrons. The van der Waals surface area contributed by atoms with Crippen LogP contribution < -0.4 is 4.57 Å². The van der Waals surface area contributed by atoms with Crippen LogP contribution in [0.2, 0.25) is 0 Å². The first-order valence-electron chi connectivity index (χ1n) is 3.34. The summed E-state index contributed by atoms with van der Waals surface area (Å²) in [6.45, 7) is 0. The second-order valence-electron chi connectivity index (χ2n) is 2.14. The summed E-state index contributed by atoms with van der Waals surface area (Å²) in [5.74, 6) is 0.797. The highest BCUT2D eigenvalue weighted by molar-refractivity contribution is 5.03. The number of aromatic nitrogens is 2. The smallest absolute Gasteiger partial charge is 0.265 e. The highest BCUT2D eigenvalue weighted by Crippen LogP contribution is 1.91. The fraction of sp³-hybridized carbons (Fsp3) is 0. The number of nitrogens with zero attached hydrogens (tertiary/aromatic N) is 2. The van der Waals surface area contributed by atoms with Gasteiger partial charge in [0.05, 0.1) is 18.5 Å². The van der Waals surface area contributed by atoms with Crippen molar-refractivity contribution in [2.24, 2.45) is 0 Å². The quantitative estimate of drug-likeness (QED) is 0.562. The van der Waals surface area contributed by atoms with Crippen LogP contribution in [-0.2, 0) is 0 Å². The van der Waals surface area contributed by atoms with Crippen LogP contribution in [0.15, 0.2) is 47.4 Å². The van der Waals surface area contributed by atoms with E-state index < -0.39 is 0 Å². The Labute approximate surface area is 63.9 Å². The third-order valence-electron chi connectivity index (χ3n) is 1.40. The van der Waals surface area contributed by atoms with Crippen LogP contribution in [0, 0.1) is 0 Å². The summed E-state index contributed by atoms with van der Waals surface area (Å²) < 4.78 is 6.58. The van der Waals surface area contributed by atoms with Crippen molar-refractivity contribution in [3.8, 4) is 5.82 Å². The van der Waals surface area contributed by atoms with Crippen molar-refractivity contribution in [3.05, 3.63) is 42.9 Å². The van der Waals surface area contributed by atoms with Crippen LogP contribution >= 0.6 is 0 Å². The Kier molecular flexibility index (Phi) is 1.41. The van der Waals surface area contributed by atoms with Gasteiger partial charge in [0, 0.05) is 0 Å². The highest BCUT2D eigenvalue weighted by Gasteiger charge is 2.06. The number of hydrogen-bond donors (Lipinski definition) is 0. The number of hydrogen-bond acceptors (Lipinski definition) is 2. The molecule has 2 aromatic rings. The molecule has 0 saturated heterocycles. The molecule has 2 rings (SSSR count). The van der Waals surface area contributed by atoms with Crippen molar-refractivity contribution < 1.29 is 9.09 Å². The molecule has 0 aliphatic rings. The lowest BCUT2D eigenvalue weighted by Gasteiger charge is -1.86. The predicted molar refractivity (Wildman–Crippen MR) is 38.0 cm³/mol. The second-order valence-corrected chi connectivity index (χ2v) is 2.14. The molecule has 0 spiro atoms. The summed E-state index contributed by atoms with van der Waals surface area (Å²) in [7, 11) is 0. The number of rotatable bonds is 1. The lowest BCUT2D eigenvalue weighted by molar-refractivity contribution is -0.600. The Morgan fingerprint density at radius 1 is 1.18 bits per heavy atom. The van der Waals surface area contributed by atoms with Crippen LogP contribution in [0.25, 0.3) is 5.82 Å². The Bertz CT molecular complexity index is 315. The lowest BCUT2D eigenvalue weighted by atomic mass is 10.5. The average Bonchev–Trinajstić information content (AvgIpc) is 2.58. The second kappa shape index (κ2) is 2.54. The Balaban J connectivity index is 2.46. The van der Waals surface area contributed by atoms with Crippen molar-refractivity contribution >= 4 is 0 Å². The first-order valence-corrected chi connectivity index (χ1v) is 3.34. The van der Waals surface area contributed by atoms with Gasteiger partial charge in [-0.15, -0.1) is 0 Å². The van der Waals surface area contributed by atoms with Gasteiger partial charge in [0.2, 0.25) is 0 Å². The van der Waals surface area contributed by atoms with E-state index in [9.17, 15) is 0 Å². The van der Waals surface area contributed by atoms with Gasteiger partial charge in [-0.2, -0.15) is 4.57 Å². The zero-order chi connectivity index (χ0) is 7.52. The Hall–Kier alpha value is -1.64. The van der Waals surface area contributed by atoms with E-state index in [1.54, 1.807) is 12.3 Å². The van der Waals surface area contributed by atoms with Crippen molar-refractivity contribution in [3.63, 3.8) is 0 Å². The SMILES string of the molecule is c1cc[n+](-c2ccon2)cc1. The van der Waals surface area contributed by atoms with Crippen molar-refractivity contribution in [1.82, 2.24) is 5.16 Å². The van der Waals surface area contributed by atoms with Crippen molar-refractivity contribution in [2.45, 2.75) is 0 Å². The topological polar surface area (TPSA) is 29.9 Å². The van der Waals surface area contributed by atoms with E-state index in [1.807, 2.05) is 35.2 Å². The largest absolute Gasteiger partial charge is 0.378 e. The fourth-order valence-electron chi connectivity index (χ4n) is 0.891. The molecule has 0 atom stereocenters. The molecular formula is C8H7N2O+. The molecule has 0 saturated carbocycles. The lowest BCUT2D eigenvalue weighted by Crippen LogP contribution is -2.29.